The fraction of sp³-hybridized carbons (Fsp3) is 0.235. The molecule has 1 amide bonds. The minimum Gasteiger partial charge on any atom is -0.326 e. The minimum absolute atomic E-state index is 0.0599. The lowest BCUT2D eigenvalue weighted by atomic mass is 10.1. The number of hydrogen-bond acceptors (Lipinski definition) is 3. The van der Waals surface area contributed by atoms with Crippen molar-refractivity contribution in [3.63, 3.8) is 0 Å². The van der Waals surface area contributed by atoms with Crippen molar-refractivity contribution in [3.8, 4) is 0 Å². The molecule has 0 atom stereocenters. The third kappa shape index (κ3) is 5.52. The molecular weight excluding hydrogens is 367 g/mol. The van der Waals surface area contributed by atoms with E-state index in [9.17, 15) is 17.6 Å². The first kappa shape index (κ1) is 19.4. The maximum atomic E-state index is 13.1. The molecule has 2 aromatic rings. The Morgan fingerprint density at radius 1 is 1.16 bits per heavy atom. The standard InChI is InChI=1S/C17H18ClFN2O3S/c1-2-20-25(23,24)14-7-3-12(4-8-14)5-10-17(22)21-13-6-9-16(19)15(18)11-13/h3-4,6-9,11,20H,2,5,10H2,1H3,(H,21,22). The predicted molar refractivity (Wildman–Crippen MR) is 95.7 cm³/mol. The number of carbonyl (C=O) groups is 1. The summed E-state index contributed by atoms with van der Waals surface area (Å²) in [5.41, 5.74) is 1.26. The van der Waals surface area contributed by atoms with Gasteiger partial charge in [-0.05, 0) is 42.3 Å². The number of carbonyl (C=O) groups excluding carboxylic acids is 1. The summed E-state index contributed by atoms with van der Waals surface area (Å²) >= 11 is 5.66. The Balaban J connectivity index is 1.92. The van der Waals surface area contributed by atoms with E-state index in [-0.39, 0.29) is 22.2 Å². The lowest BCUT2D eigenvalue weighted by Crippen LogP contribution is -2.23. The first-order valence-corrected chi connectivity index (χ1v) is 9.51. The lowest BCUT2D eigenvalue weighted by Gasteiger charge is -2.07. The van der Waals surface area contributed by atoms with E-state index in [4.69, 9.17) is 11.6 Å². The summed E-state index contributed by atoms with van der Waals surface area (Å²) in [4.78, 5) is 12.1. The van der Waals surface area contributed by atoms with Crippen molar-refractivity contribution in [2.75, 3.05) is 11.9 Å². The highest BCUT2D eigenvalue weighted by molar-refractivity contribution is 7.89. The molecule has 5 nitrogen and oxygen atoms in total. The largest absolute Gasteiger partial charge is 0.326 e. The van der Waals surface area contributed by atoms with Crippen molar-refractivity contribution >= 4 is 33.2 Å². The summed E-state index contributed by atoms with van der Waals surface area (Å²) in [6.07, 6.45) is 0.649. The highest BCUT2D eigenvalue weighted by Gasteiger charge is 2.12. The Labute approximate surface area is 151 Å². The van der Waals surface area contributed by atoms with Crippen molar-refractivity contribution < 1.29 is 17.6 Å². The highest BCUT2D eigenvalue weighted by Crippen LogP contribution is 2.19. The molecule has 0 spiro atoms. The summed E-state index contributed by atoms with van der Waals surface area (Å²) in [7, 11) is -3.48. The van der Waals surface area contributed by atoms with Gasteiger partial charge in [-0.3, -0.25) is 4.79 Å². The van der Waals surface area contributed by atoms with Crippen LogP contribution >= 0.6 is 11.6 Å². The first-order chi connectivity index (χ1) is 11.8. The van der Waals surface area contributed by atoms with E-state index in [1.807, 2.05) is 0 Å². The van der Waals surface area contributed by atoms with Gasteiger partial charge in [-0.15, -0.1) is 0 Å². The van der Waals surface area contributed by atoms with Crippen molar-refractivity contribution in [1.82, 2.24) is 4.72 Å². The number of rotatable bonds is 7. The molecule has 0 radical (unpaired) electrons. The second kappa shape index (κ2) is 8.42. The van der Waals surface area contributed by atoms with Crippen LogP contribution in [0.3, 0.4) is 0 Å². The average molecular weight is 385 g/mol. The fourth-order valence-corrected chi connectivity index (χ4v) is 3.39. The molecule has 0 saturated heterocycles. The monoisotopic (exact) mass is 384 g/mol. The molecule has 0 bridgehead atoms. The van der Waals surface area contributed by atoms with E-state index < -0.39 is 15.8 Å². The van der Waals surface area contributed by atoms with E-state index in [1.54, 1.807) is 19.1 Å². The average Bonchev–Trinajstić information content (AvgIpc) is 2.57. The number of anilines is 1. The molecule has 0 fully saturated rings. The molecule has 134 valence electrons. The lowest BCUT2D eigenvalue weighted by molar-refractivity contribution is -0.116. The smallest absolute Gasteiger partial charge is 0.240 e. The van der Waals surface area contributed by atoms with Gasteiger partial charge >= 0.3 is 0 Å². The van der Waals surface area contributed by atoms with Crippen molar-refractivity contribution in [2.24, 2.45) is 0 Å². The Bertz CT molecular complexity index is 855. The van der Waals surface area contributed by atoms with Crippen LogP contribution in [0.25, 0.3) is 0 Å². The normalized spacial score (nSPS) is 11.3. The van der Waals surface area contributed by atoms with Crippen molar-refractivity contribution in [1.29, 1.82) is 0 Å². The van der Waals surface area contributed by atoms with Crippen LogP contribution in [0.15, 0.2) is 47.4 Å². The molecule has 0 aliphatic carbocycles. The Hall–Kier alpha value is -1.96. The molecule has 25 heavy (non-hydrogen) atoms. The third-order valence-corrected chi connectivity index (χ3v) is 5.26. The molecule has 2 aromatic carbocycles. The fourth-order valence-electron chi connectivity index (χ4n) is 2.16. The summed E-state index contributed by atoms with van der Waals surface area (Å²) in [6.45, 7) is 2.02. The summed E-state index contributed by atoms with van der Waals surface area (Å²) < 4.78 is 39.2. The summed E-state index contributed by atoms with van der Waals surface area (Å²) in [5.74, 6) is -0.792. The van der Waals surface area contributed by atoms with E-state index in [0.29, 0.717) is 18.7 Å². The molecule has 0 saturated carbocycles. The minimum atomic E-state index is -3.48. The Morgan fingerprint density at radius 3 is 2.44 bits per heavy atom. The van der Waals surface area contributed by atoms with Gasteiger partial charge < -0.3 is 5.32 Å². The zero-order valence-electron chi connectivity index (χ0n) is 13.6. The number of hydrogen-bond donors (Lipinski definition) is 2. The highest BCUT2D eigenvalue weighted by atomic mass is 35.5. The zero-order valence-corrected chi connectivity index (χ0v) is 15.1. The Morgan fingerprint density at radius 2 is 1.84 bits per heavy atom. The van der Waals surface area contributed by atoms with Gasteiger partial charge in [0.25, 0.3) is 0 Å². The quantitative estimate of drug-likeness (QED) is 0.768. The first-order valence-electron chi connectivity index (χ1n) is 7.65. The van der Waals surface area contributed by atoms with E-state index in [0.717, 1.165) is 5.56 Å². The van der Waals surface area contributed by atoms with Gasteiger partial charge in [0.2, 0.25) is 15.9 Å². The van der Waals surface area contributed by atoms with Gasteiger partial charge in [0.05, 0.1) is 9.92 Å². The van der Waals surface area contributed by atoms with Crippen LogP contribution in [-0.4, -0.2) is 20.9 Å². The summed E-state index contributed by atoms with van der Waals surface area (Å²) in [6, 6.07) is 10.3. The molecular formula is C17H18ClFN2O3S. The number of benzene rings is 2. The predicted octanol–water partition coefficient (Wildman–Crippen LogP) is 3.35. The van der Waals surface area contributed by atoms with Gasteiger partial charge in [-0.2, -0.15) is 0 Å². The molecule has 2 rings (SSSR count). The van der Waals surface area contributed by atoms with Crippen LogP contribution in [0, 0.1) is 5.82 Å². The van der Waals surface area contributed by atoms with Crippen molar-refractivity contribution in [2.45, 2.75) is 24.7 Å². The van der Waals surface area contributed by atoms with E-state index in [2.05, 4.69) is 10.0 Å². The summed E-state index contributed by atoms with van der Waals surface area (Å²) in [5, 5.41) is 2.58. The SMILES string of the molecule is CCNS(=O)(=O)c1ccc(CCC(=O)Nc2ccc(F)c(Cl)c2)cc1. The van der Waals surface area contributed by atoms with Gasteiger partial charge in [0.1, 0.15) is 5.82 Å². The van der Waals surface area contributed by atoms with E-state index >= 15 is 0 Å². The number of halogens is 2. The molecule has 2 N–H and O–H groups in total. The molecule has 0 aromatic heterocycles. The second-order valence-electron chi connectivity index (χ2n) is 5.32. The van der Waals surface area contributed by atoms with E-state index in [1.165, 1.54) is 30.3 Å². The maximum Gasteiger partial charge on any atom is 0.240 e. The third-order valence-electron chi connectivity index (χ3n) is 3.41. The number of aryl methyl sites for hydroxylation is 1. The van der Waals surface area contributed by atoms with Crippen LogP contribution in [0.5, 0.6) is 0 Å². The van der Waals surface area contributed by atoms with Crippen LogP contribution in [0.4, 0.5) is 10.1 Å². The maximum absolute atomic E-state index is 13.1. The molecule has 0 heterocycles. The topological polar surface area (TPSA) is 75.3 Å². The van der Waals surface area contributed by atoms with Crippen molar-refractivity contribution in [3.05, 3.63) is 58.9 Å². The van der Waals surface area contributed by atoms with Crippen LogP contribution < -0.4 is 10.0 Å². The van der Waals surface area contributed by atoms with Gasteiger partial charge in [-0.25, -0.2) is 17.5 Å². The van der Waals surface area contributed by atoms with Gasteiger partial charge in [0.15, 0.2) is 0 Å². The number of nitrogens with one attached hydrogen (secondary N) is 2. The molecule has 0 aliphatic heterocycles. The Kier molecular flexibility index (Phi) is 6.52. The zero-order chi connectivity index (χ0) is 18.4. The number of sulfonamides is 1. The van der Waals surface area contributed by atoms with Gasteiger partial charge in [-0.1, -0.05) is 30.7 Å². The van der Waals surface area contributed by atoms with Crippen LogP contribution in [0.2, 0.25) is 5.02 Å². The van der Waals surface area contributed by atoms with Crippen LogP contribution in [-0.2, 0) is 21.2 Å². The second-order valence-corrected chi connectivity index (χ2v) is 7.50. The molecule has 0 unspecified atom stereocenters. The molecule has 8 heteroatoms. The van der Waals surface area contributed by atoms with Gasteiger partial charge in [0, 0.05) is 18.7 Å². The van der Waals surface area contributed by atoms with Crippen LogP contribution in [0.1, 0.15) is 18.9 Å². The number of amides is 1. The molecule has 0 aliphatic rings.